The van der Waals surface area contributed by atoms with Crippen LogP contribution in [0.5, 0.6) is 0 Å². The van der Waals surface area contributed by atoms with E-state index >= 15 is 0 Å². The number of nitrogens with two attached hydrogens (primary N) is 1. The van der Waals surface area contributed by atoms with Crippen molar-refractivity contribution in [1.82, 2.24) is 4.98 Å². The summed E-state index contributed by atoms with van der Waals surface area (Å²) in [6.07, 6.45) is 1.25. The van der Waals surface area contributed by atoms with E-state index in [9.17, 15) is 24.8 Å². The van der Waals surface area contributed by atoms with E-state index in [1.807, 2.05) is 0 Å². The van der Waals surface area contributed by atoms with E-state index < -0.39 is 22.8 Å². The Morgan fingerprint density at radius 1 is 1.24 bits per heavy atom. The number of nitro benzene ring substituents is 1. The second-order valence-electron chi connectivity index (χ2n) is 5.25. The van der Waals surface area contributed by atoms with Gasteiger partial charge in [-0.15, -0.1) is 0 Å². The third kappa shape index (κ3) is 5.66. The predicted molar refractivity (Wildman–Crippen MR) is 85.0 cm³/mol. The second kappa shape index (κ2) is 8.50. The monoisotopic (exact) mass is 344 g/mol. The highest BCUT2D eigenvalue weighted by molar-refractivity contribution is 5.93. The summed E-state index contributed by atoms with van der Waals surface area (Å²) in [5.41, 5.74) is 0.727. The molecule has 130 valence electrons. The molecule has 1 amide bonds. The van der Waals surface area contributed by atoms with Crippen molar-refractivity contribution in [2.24, 2.45) is 0 Å². The van der Waals surface area contributed by atoms with Crippen molar-refractivity contribution in [3.05, 3.63) is 64.5 Å². The molecular formula is C16H16N4O5. The highest BCUT2D eigenvalue weighted by Crippen LogP contribution is 2.17. The molecule has 0 unspecified atom stereocenters. The van der Waals surface area contributed by atoms with Crippen LogP contribution in [0.1, 0.15) is 12.1 Å². The fraction of sp³-hybridized carbons (Fsp3) is 0.188. The van der Waals surface area contributed by atoms with E-state index in [0.717, 1.165) is 0 Å². The van der Waals surface area contributed by atoms with E-state index in [1.54, 1.807) is 24.4 Å². The molecule has 1 atom stereocenters. The Kier molecular flexibility index (Phi) is 6.13. The molecule has 2 aromatic rings. The number of nitro groups is 1. The van der Waals surface area contributed by atoms with Gasteiger partial charge in [-0.25, -0.2) is 0 Å². The minimum atomic E-state index is -1.37. The SMILES string of the molecule is O=C(C[C@@H]([NH2+]Cc1ccccn1)C(=O)[O-])Nc1cccc([N+](=O)[O-])c1. The molecule has 9 heteroatoms. The highest BCUT2D eigenvalue weighted by atomic mass is 16.6. The first-order chi connectivity index (χ1) is 12.0. The van der Waals surface area contributed by atoms with Crippen LogP contribution in [-0.4, -0.2) is 27.8 Å². The van der Waals surface area contributed by atoms with E-state index in [4.69, 9.17) is 0 Å². The summed E-state index contributed by atoms with van der Waals surface area (Å²) in [6, 6.07) is 9.57. The predicted octanol–water partition coefficient (Wildman–Crippen LogP) is -0.799. The summed E-state index contributed by atoms with van der Waals surface area (Å²) in [7, 11) is 0. The lowest BCUT2D eigenvalue weighted by Gasteiger charge is -2.16. The molecule has 1 aromatic heterocycles. The topological polar surface area (TPSA) is 142 Å². The standard InChI is InChI=1S/C16H16N4O5/c21-15(19-11-5-3-6-13(8-11)20(24)25)9-14(16(22)23)18-10-12-4-1-2-7-17-12/h1-8,14,18H,9-10H2,(H,19,21)(H,22,23)/t14-/m1/s1. The molecule has 1 heterocycles. The highest BCUT2D eigenvalue weighted by Gasteiger charge is 2.19. The van der Waals surface area contributed by atoms with Crippen molar-refractivity contribution in [2.45, 2.75) is 19.0 Å². The number of non-ortho nitro benzene ring substituents is 1. The number of aromatic nitrogens is 1. The Morgan fingerprint density at radius 2 is 2.04 bits per heavy atom. The van der Waals surface area contributed by atoms with Gasteiger partial charge in [-0.2, -0.15) is 0 Å². The number of benzene rings is 1. The number of nitrogens with zero attached hydrogens (tertiary/aromatic N) is 2. The second-order valence-corrected chi connectivity index (χ2v) is 5.25. The van der Waals surface area contributed by atoms with Gasteiger partial charge in [0.05, 0.1) is 23.0 Å². The Hall–Kier alpha value is -3.33. The third-order valence-corrected chi connectivity index (χ3v) is 3.39. The first-order valence-electron chi connectivity index (χ1n) is 7.44. The summed E-state index contributed by atoms with van der Waals surface area (Å²) in [5.74, 6) is -1.95. The fourth-order valence-corrected chi connectivity index (χ4v) is 2.15. The first kappa shape index (κ1) is 18.0. The fourth-order valence-electron chi connectivity index (χ4n) is 2.15. The summed E-state index contributed by atoms with van der Waals surface area (Å²) >= 11 is 0. The zero-order valence-electron chi connectivity index (χ0n) is 13.1. The van der Waals surface area contributed by atoms with Gasteiger partial charge in [-0.05, 0) is 18.2 Å². The van der Waals surface area contributed by atoms with Crippen LogP contribution in [0.25, 0.3) is 0 Å². The number of carbonyl (C=O) groups excluding carboxylic acids is 2. The molecule has 0 spiro atoms. The molecule has 2 rings (SSSR count). The number of rotatable bonds is 8. The maximum Gasteiger partial charge on any atom is 0.271 e. The largest absolute Gasteiger partial charge is 0.544 e. The zero-order chi connectivity index (χ0) is 18.2. The molecular weight excluding hydrogens is 328 g/mol. The molecule has 0 radical (unpaired) electrons. The summed E-state index contributed by atoms with van der Waals surface area (Å²) in [5, 5.41) is 25.8. The van der Waals surface area contributed by atoms with E-state index in [0.29, 0.717) is 5.69 Å². The van der Waals surface area contributed by atoms with E-state index in [2.05, 4.69) is 10.3 Å². The Labute approximate surface area is 142 Å². The van der Waals surface area contributed by atoms with Gasteiger partial charge in [0, 0.05) is 24.0 Å². The number of nitrogens with one attached hydrogen (secondary N) is 1. The number of hydrogen-bond donors (Lipinski definition) is 2. The van der Waals surface area contributed by atoms with Gasteiger partial charge in [0.2, 0.25) is 5.91 Å². The van der Waals surface area contributed by atoms with Crippen molar-refractivity contribution in [2.75, 3.05) is 5.32 Å². The average molecular weight is 344 g/mol. The van der Waals surface area contributed by atoms with Crippen molar-refractivity contribution in [3.63, 3.8) is 0 Å². The minimum Gasteiger partial charge on any atom is -0.544 e. The number of carboxylic acid groups (broad SMARTS) is 1. The van der Waals surface area contributed by atoms with Crippen LogP contribution in [0.2, 0.25) is 0 Å². The van der Waals surface area contributed by atoms with Gasteiger partial charge >= 0.3 is 0 Å². The number of amides is 1. The van der Waals surface area contributed by atoms with Gasteiger partial charge < -0.3 is 20.5 Å². The Balaban J connectivity index is 1.94. The minimum absolute atomic E-state index is 0.170. The maximum atomic E-state index is 12.0. The molecule has 25 heavy (non-hydrogen) atoms. The molecule has 9 nitrogen and oxygen atoms in total. The van der Waals surface area contributed by atoms with Crippen LogP contribution in [0.15, 0.2) is 48.7 Å². The number of anilines is 1. The van der Waals surface area contributed by atoms with Crippen molar-refractivity contribution in [1.29, 1.82) is 0 Å². The quantitative estimate of drug-likeness (QED) is 0.474. The normalized spacial score (nSPS) is 11.5. The molecule has 0 saturated heterocycles. The van der Waals surface area contributed by atoms with Gasteiger partial charge in [-0.3, -0.25) is 19.9 Å². The van der Waals surface area contributed by atoms with Gasteiger partial charge in [0.25, 0.3) is 5.69 Å². The third-order valence-electron chi connectivity index (χ3n) is 3.39. The lowest BCUT2D eigenvalue weighted by Crippen LogP contribution is -2.92. The molecule has 0 aliphatic rings. The average Bonchev–Trinajstić information content (AvgIpc) is 2.59. The number of quaternary nitrogens is 1. The number of pyridine rings is 1. The molecule has 0 fully saturated rings. The van der Waals surface area contributed by atoms with Crippen molar-refractivity contribution in [3.8, 4) is 0 Å². The van der Waals surface area contributed by atoms with Crippen LogP contribution in [0.4, 0.5) is 11.4 Å². The smallest absolute Gasteiger partial charge is 0.271 e. The lowest BCUT2D eigenvalue weighted by atomic mass is 10.2. The van der Waals surface area contributed by atoms with Gasteiger partial charge in [0.1, 0.15) is 12.6 Å². The molecule has 0 aliphatic carbocycles. The van der Waals surface area contributed by atoms with Crippen LogP contribution in [0.3, 0.4) is 0 Å². The first-order valence-corrected chi connectivity index (χ1v) is 7.44. The van der Waals surface area contributed by atoms with Gasteiger partial charge in [-0.1, -0.05) is 12.1 Å². The molecule has 0 bridgehead atoms. The summed E-state index contributed by atoms with van der Waals surface area (Å²) in [6.45, 7) is 0.281. The van der Waals surface area contributed by atoms with Crippen molar-refractivity contribution >= 4 is 23.3 Å². The van der Waals surface area contributed by atoms with E-state index in [1.165, 1.54) is 29.6 Å². The van der Waals surface area contributed by atoms with E-state index in [-0.39, 0.29) is 24.3 Å². The molecule has 0 saturated carbocycles. The van der Waals surface area contributed by atoms with Crippen LogP contribution in [0, 0.1) is 10.1 Å². The summed E-state index contributed by atoms with van der Waals surface area (Å²) in [4.78, 5) is 37.4. The number of carbonyl (C=O) groups is 2. The number of hydrogen-bond acceptors (Lipinski definition) is 6. The molecule has 0 aliphatic heterocycles. The van der Waals surface area contributed by atoms with Crippen LogP contribution < -0.4 is 15.7 Å². The number of carboxylic acids is 1. The molecule has 3 N–H and O–H groups in total. The molecule has 1 aromatic carbocycles. The number of aliphatic carboxylic acids is 1. The Morgan fingerprint density at radius 3 is 2.68 bits per heavy atom. The van der Waals surface area contributed by atoms with Crippen LogP contribution >= 0.6 is 0 Å². The Bertz CT molecular complexity index is 766. The maximum absolute atomic E-state index is 12.0. The lowest BCUT2D eigenvalue weighted by molar-refractivity contribution is -0.697. The van der Waals surface area contributed by atoms with Gasteiger partial charge in [0.15, 0.2) is 0 Å². The van der Waals surface area contributed by atoms with Crippen LogP contribution in [-0.2, 0) is 16.1 Å². The zero-order valence-corrected chi connectivity index (χ0v) is 13.1. The summed E-state index contributed by atoms with van der Waals surface area (Å²) < 4.78 is 0. The van der Waals surface area contributed by atoms with Crippen molar-refractivity contribution < 1.29 is 24.9 Å².